The summed E-state index contributed by atoms with van der Waals surface area (Å²) < 4.78 is 0.605. The van der Waals surface area contributed by atoms with E-state index in [4.69, 9.17) is 11.6 Å². The Bertz CT molecular complexity index is 865. The molecule has 122 valence electrons. The predicted molar refractivity (Wildman–Crippen MR) is 95.2 cm³/mol. The van der Waals surface area contributed by atoms with Crippen molar-refractivity contribution < 1.29 is 15.0 Å². The van der Waals surface area contributed by atoms with Gasteiger partial charge in [0, 0.05) is 0 Å². The fraction of sp³-hybridized carbons (Fsp3) is 0.0588. The molecular weight excluding hydrogens is 395 g/mol. The van der Waals surface area contributed by atoms with Crippen LogP contribution in [0.25, 0.3) is 6.08 Å². The number of anilines is 1. The quantitative estimate of drug-likeness (QED) is 0.456. The number of para-hydroxylation sites is 1. The van der Waals surface area contributed by atoms with E-state index in [0.717, 1.165) is 0 Å². The second-order valence-corrected chi connectivity index (χ2v) is 6.41. The number of carbonyl (C=O) groups excluding carboxylic acids is 1. The SMILES string of the molecule is CN1C(=[Se])N(c2ccc(Cl)cc2)C(=O)/C1=C\c1cccc(O)c1O. The molecule has 0 unspecified atom stereocenters. The van der Waals surface area contributed by atoms with Crippen LogP contribution in [0.4, 0.5) is 5.69 Å². The first-order valence-electron chi connectivity index (χ1n) is 7.00. The molecule has 3 rings (SSSR count). The number of carbonyl (C=O) groups is 1. The molecule has 0 bridgehead atoms. The van der Waals surface area contributed by atoms with Crippen LogP contribution in [0.5, 0.6) is 11.5 Å². The van der Waals surface area contributed by atoms with E-state index in [2.05, 4.69) is 15.6 Å². The fourth-order valence-electron chi connectivity index (χ4n) is 2.39. The van der Waals surface area contributed by atoms with E-state index in [1.807, 2.05) is 0 Å². The number of hydrogen-bond donors (Lipinski definition) is 2. The van der Waals surface area contributed by atoms with Crippen LogP contribution in [0.1, 0.15) is 5.56 Å². The third-order valence-corrected chi connectivity index (χ3v) is 4.89. The molecule has 2 aromatic carbocycles. The zero-order valence-electron chi connectivity index (χ0n) is 12.6. The van der Waals surface area contributed by atoms with Crippen LogP contribution >= 0.6 is 11.6 Å². The zero-order chi connectivity index (χ0) is 17.4. The number of amides is 1. The zero-order valence-corrected chi connectivity index (χ0v) is 15.1. The third-order valence-electron chi connectivity index (χ3n) is 3.68. The first kappa shape index (κ1) is 16.6. The maximum atomic E-state index is 12.8. The molecule has 1 heterocycles. The summed E-state index contributed by atoms with van der Waals surface area (Å²) in [6.07, 6.45) is 1.53. The molecule has 24 heavy (non-hydrogen) atoms. The summed E-state index contributed by atoms with van der Waals surface area (Å²) in [4.78, 5) is 16.0. The molecule has 5 nitrogen and oxygen atoms in total. The average molecular weight is 408 g/mol. The van der Waals surface area contributed by atoms with Gasteiger partial charge < -0.3 is 0 Å². The van der Waals surface area contributed by atoms with E-state index >= 15 is 0 Å². The van der Waals surface area contributed by atoms with Crippen molar-refractivity contribution in [3.8, 4) is 11.5 Å². The van der Waals surface area contributed by atoms with Crippen LogP contribution in [0, 0.1) is 0 Å². The first-order valence-corrected chi connectivity index (χ1v) is 8.24. The van der Waals surface area contributed by atoms with Crippen molar-refractivity contribution in [3.05, 3.63) is 58.7 Å². The molecule has 1 aliphatic rings. The molecule has 0 aliphatic carbocycles. The van der Waals surface area contributed by atoms with Crippen molar-refractivity contribution in [2.24, 2.45) is 0 Å². The van der Waals surface area contributed by atoms with Crippen molar-refractivity contribution in [3.63, 3.8) is 0 Å². The van der Waals surface area contributed by atoms with Gasteiger partial charge >= 0.3 is 152 Å². The molecule has 0 atom stereocenters. The molecule has 0 spiro atoms. The number of nitrogens with zero attached hydrogens (tertiary/aromatic N) is 2. The minimum atomic E-state index is -0.266. The molecule has 0 radical (unpaired) electrons. The van der Waals surface area contributed by atoms with Gasteiger partial charge in [-0.3, -0.25) is 0 Å². The number of phenols is 2. The topological polar surface area (TPSA) is 64.0 Å². The molecule has 2 aromatic rings. The van der Waals surface area contributed by atoms with E-state index in [0.29, 0.717) is 26.6 Å². The Morgan fingerprint density at radius 2 is 1.79 bits per heavy atom. The number of phenolic OH excluding ortho intramolecular Hbond substituents is 2. The van der Waals surface area contributed by atoms with Gasteiger partial charge in [0.1, 0.15) is 0 Å². The summed E-state index contributed by atoms with van der Waals surface area (Å²) in [6, 6.07) is 11.5. The van der Waals surface area contributed by atoms with Crippen LogP contribution in [0.3, 0.4) is 0 Å². The van der Waals surface area contributed by atoms with Gasteiger partial charge in [0.25, 0.3) is 0 Å². The summed E-state index contributed by atoms with van der Waals surface area (Å²) in [7, 11) is 1.74. The number of rotatable bonds is 2. The predicted octanol–water partition coefficient (Wildman–Crippen LogP) is 2.33. The summed E-state index contributed by atoms with van der Waals surface area (Å²) in [5.41, 5.74) is 1.39. The van der Waals surface area contributed by atoms with Gasteiger partial charge in [-0.05, 0) is 0 Å². The van der Waals surface area contributed by atoms with Gasteiger partial charge in [0.2, 0.25) is 0 Å². The summed E-state index contributed by atoms with van der Waals surface area (Å²) in [6.45, 7) is 0. The van der Waals surface area contributed by atoms with Crippen LogP contribution in [0.2, 0.25) is 5.02 Å². The van der Waals surface area contributed by atoms with E-state index in [1.165, 1.54) is 17.0 Å². The number of halogens is 1. The molecular formula is C17H13ClN2O3Se. The molecule has 1 saturated heterocycles. The van der Waals surface area contributed by atoms with Gasteiger partial charge in [0.05, 0.1) is 0 Å². The third kappa shape index (κ3) is 2.80. The van der Waals surface area contributed by atoms with Crippen molar-refractivity contribution in [1.29, 1.82) is 0 Å². The number of hydrogen-bond acceptors (Lipinski definition) is 4. The Kier molecular flexibility index (Phi) is 4.37. The molecule has 0 aromatic heterocycles. The Morgan fingerprint density at radius 3 is 2.46 bits per heavy atom. The fourth-order valence-corrected chi connectivity index (χ4v) is 3.11. The molecule has 1 amide bonds. The number of likely N-dealkylation sites (N-methyl/N-ethyl adjacent to an activating group) is 1. The standard InChI is InChI=1S/C17H13ClN2O3Se/c1-19-13(9-10-3-2-4-14(21)15(10)22)16(23)20(17(19)24)12-7-5-11(18)6-8-12/h2-9,21-22H,1H3/b13-9+. The second-order valence-electron chi connectivity index (χ2n) is 5.20. The van der Waals surface area contributed by atoms with Gasteiger partial charge in [-0.2, -0.15) is 0 Å². The minimum absolute atomic E-state index is 0.237. The molecule has 2 N–H and O–H groups in total. The maximum absolute atomic E-state index is 12.8. The Hall–Kier alpha value is -2.27. The Morgan fingerprint density at radius 1 is 1.12 bits per heavy atom. The Balaban J connectivity index is 2.03. The van der Waals surface area contributed by atoms with Gasteiger partial charge in [-0.15, -0.1) is 0 Å². The molecule has 1 aliphatic heterocycles. The second kappa shape index (κ2) is 6.32. The van der Waals surface area contributed by atoms with Crippen LogP contribution in [0.15, 0.2) is 48.2 Å². The summed E-state index contributed by atoms with van der Waals surface area (Å²) in [5, 5.41) is 20.1. The average Bonchev–Trinajstić information content (AvgIpc) is 2.76. The van der Waals surface area contributed by atoms with Gasteiger partial charge in [-0.1, -0.05) is 0 Å². The van der Waals surface area contributed by atoms with Crippen molar-refractivity contribution in [2.45, 2.75) is 0 Å². The summed E-state index contributed by atoms with van der Waals surface area (Å²) in [5.74, 6) is -0.756. The van der Waals surface area contributed by atoms with E-state index in [-0.39, 0.29) is 17.4 Å². The summed E-state index contributed by atoms with van der Waals surface area (Å²) >= 11 is 8.78. The molecule has 0 saturated carbocycles. The van der Waals surface area contributed by atoms with Crippen molar-refractivity contribution in [2.75, 3.05) is 11.9 Å². The van der Waals surface area contributed by atoms with Crippen LogP contribution in [-0.2, 0) is 4.79 Å². The monoisotopic (exact) mass is 408 g/mol. The normalized spacial score (nSPS) is 16.3. The number of aromatic hydroxyl groups is 2. The molecule has 1 fully saturated rings. The Labute approximate surface area is 151 Å². The van der Waals surface area contributed by atoms with Crippen LogP contribution in [-0.4, -0.2) is 48.3 Å². The van der Waals surface area contributed by atoms with Crippen LogP contribution < -0.4 is 4.90 Å². The van der Waals surface area contributed by atoms with E-state index in [9.17, 15) is 15.0 Å². The van der Waals surface area contributed by atoms with Gasteiger partial charge in [-0.25, -0.2) is 0 Å². The van der Waals surface area contributed by atoms with E-state index in [1.54, 1.807) is 48.3 Å². The molecule has 7 heteroatoms. The first-order chi connectivity index (χ1) is 11.4. The van der Waals surface area contributed by atoms with Gasteiger partial charge in [0.15, 0.2) is 0 Å². The van der Waals surface area contributed by atoms with E-state index < -0.39 is 0 Å². The van der Waals surface area contributed by atoms with Crippen molar-refractivity contribution >= 4 is 49.5 Å². The van der Waals surface area contributed by atoms with Crippen molar-refractivity contribution in [1.82, 2.24) is 4.90 Å². The number of benzene rings is 2.